The van der Waals surface area contributed by atoms with Gasteiger partial charge in [-0.25, -0.2) is 4.98 Å². The second-order valence-electron chi connectivity index (χ2n) is 3.96. The summed E-state index contributed by atoms with van der Waals surface area (Å²) in [5.74, 6) is 2.11. The predicted molar refractivity (Wildman–Crippen MR) is 75.4 cm³/mol. The summed E-state index contributed by atoms with van der Waals surface area (Å²) in [6, 6.07) is 5.53. The number of hydrogen-bond acceptors (Lipinski definition) is 4. The van der Waals surface area contributed by atoms with E-state index < -0.39 is 0 Å². The van der Waals surface area contributed by atoms with Gasteiger partial charge in [-0.15, -0.1) is 0 Å². The van der Waals surface area contributed by atoms with Gasteiger partial charge in [-0.2, -0.15) is 0 Å². The van der Waals surface area contributed by atoms with Crippen LogP contribution >= 0.6 is 15.9 Å². The van der Waals surface area contributed by atoms with E-state index >= 15 is 0 Å². The molecule has 0 aliphatic heterocycles. The van der Waals surface area contributed by atoms with Crippen LogP contribution in [-0.4, -0.2) is 28.9 Å². The monoisotopic (exact) mass is 326 g/mol. The van der Waals surface area contributed by atoms with Gasteiger partial charge in [0.25, 0.3) is 0 Å². The molecule has 0 aliphatic carbocycles. The minimum absolute atomic E-state index is 0.118. The lowest BCUT2D eigenvalue weighted by Gasteiger charge is -2.10. The molecule has 0 saturated heterocycles. The molecule has 1 aromatic carbocycles. The molecule has 0 amide bonds. The van der Waals surface area contributed by atoms with E-state index in [-0.39, 0.29) is 6.61 Å². The van der Waals surface area contributed by atoms with E-state index in [1.54, 1.807) is 20.3 Å². The molecule has 1 N–H and O–H groups in total. The molecular weight excluding hydrogens is 312 g/mol. The van der Waals surface area contributed by atoms with Crippen molar-refractivity contribution in [3.8, 4) is 22.9 Å². The molecule has 1 heterocycles. The second kappa shape index (κ2) is 5.63. The van der Waals surface area contributed by atoms with Crippen LogP contribution in [0.4, 0.5) is 0 Å². The number of hydrogen-bond donors (Lipinski definition) is 1. The zero-order chi connectivity index (χ0) is 14.0. The van der Waals surface area contributed by atoms with Crippen molar-refractivity contribution in [3.63, 3.8) is 0 Å². The Bertz CT molecular complexity index is 596. The molecule has 19 heavy (non-hydrogen) atoms. The highest BCUT2D eigenvalue weighted by Gasteiger charge is 2.17. The minimum atomic E-state index is -0.118. The van der Waals surface area contributed by atoms with Crippen molar-refractivity contribution in [2.24, 2.45) is 7.05 Å². The fourth-order valence-corrected chi connectivity index (χ4v) is 2.24. The van der Waals surface area contributed by atoms with Crippen LogP contribution in [-0.2, 0) is 13.7 Å². The largest absolute Gasteiger partial charge is 0.497 e. The Labute approximate surface area is 119 Å². The van der Waals surface area contributed by atoms with Gasteiger partial charge in [0.1, 0.15) is 21.9 Å². The Balaban J connectivity index is 2.58. The summed E-state index contributed by atoms with van der Waals surface area (Å²) in [7, 11) is 5.08. The van der Waals surface area contributed by atoms with Crippen molar-refractivity contribution in [3.05, 3.63) is 28.5 Å². The fourth-order valence-electron chi connectivity index (χ4n) is 1.86. The van der Waals surface area contributed by atoms with Gasteiger partial charge in [0, 0.05) is 13.1 Å². The average Bonchev–Trinajstić information content (AvgIpc) is 2.74. The van der Waals surface area contributed by atoms with Crippen LogP contribution in [0.2, 0.25) is 0 Å². The van der Waals surface area contributed by atoms with Crippen LogP contribution in [0.15, 0.2) is 22.8 Å². The van der Waals surface area contributed by atoms with E-state index in [4.69, 9.17) is 9.47 Å². The van der Waals surface area contributed by atoms with Gasteiger partial charge in [0.2, 0.25) is 0 Å². The Hall–Kier alpha value is -1.53. The van der Waals surface area contributed by atoms with Crippen molar-refractivity contribution >= 4 is 15.9 Å². The first-order valence-corrected chi connectivity index (χ1v) is 6.46. The number of aliphatic hydroxyl groups is 1. The van der Waals surface area contributed by atoms with Crippen LogP contribution < -0.4 is 9.47 Å². The molecule has 0 saturated carbocycles. The van der Waals surface area contributed by atoms with Crippen LogP contribution in [0.5, 0.6) is 11.5 Å². The molecule has 2 rings (SSSR count). The van der Waals surface area contributed by atoms with Crippen molar-refractivity contribution in [2.75, 3.05) is 14.2 Å². The van der Waals surface area contributed by atoms with Crippen LogP contribution in [0, 0.1) is 0 Å². The van der Waals surface area contributed by atoms with Gasteiger partial charge >= 0.3 is 0 Å². The first kappa shape index (κ1) is 13.9. The maximum Gasteiger partial charge on any atom is 0.144 e. The number of rotatable bonds is 4. The second-order valence-corrected chi connectivity index (χ2v) is 4.71. The molecular formula is C13H15BrN2O3. The summed E-state index contributed by atoms with van der Waals surface area (Å²) in [6.45, 7) is -0.118. The molecule has 0 bridgehead atoms. The molecule has 0 atom stereocenters. The highest BCUT2D eigenvalue weighted by Crippen LogP contribution is 2.34. The van der Waals surface area contributed by atoms with Crippen molar-refractivity contribution < 1.29 is 14.6 Å². The summed E-state index contributed by atoms with van der Waals surface area (Å²) in [5.41, 5.74) is 1.43. The number of nitrogens with zero attached hydrogens (tertiary/aromatic N) is 2. The lowest BCUT2D eigenvalue weighted by Crippen LogP contribution is -1.96. The molecule has 102 valence electrons. The normalized spacial score (nSPS) is 10.6. The molecule has 0 unspecified atom stereocenters. The molecule has 0 spiro atoms. The molecule has 1 aromatic heterocycles. The zero-order valence-corrected chi connectivity index (χ0v) is 12.6. The minimum Gasteiger partial charge on any atom is -0.497 e. The van der Waals surface area contributed by atoms with E-state index in [0.717, 1.165) is 21.7 Å². The Kier molecular flexibility index (Phi) is 4.11. The summed E-state index contributed by atoms with van der Waals surface area (Å²) in [4.78, 5) is 4.41. The fraction of sp³-hybridized carbons (Fsp3) is 0.308. The summed E-state index contributed by atoms with van der Waals surface area (Å²) >= 11 is 3.41. The van der Waals surface area contributed by atoms with Gasteiger partial charge in [-0.3, -0.25) is 0 Å². The summed E-state index contributed by atoms with van der Waals surface area (Å²) in [5, 5.41) is 9.25. The van der Waals surface area contributed by atoms with Crippen molar-refractivity contribution in [1.82, 2.24) is 9.55 Å². The third-order valence-electron chi connectivity index (χ3n) is 2.89. The van der Waals surface area contributed by atoms with E-state index in [9.17, 15) is 5.11 Å². The van der Waals surface area contributed by atoms with Crippen LogP contribution in [0.25, 0.3) is 11.4 Å². The van der Waals surface area contributed by atoms with Gasteiger partial charge in [0.05, 0.1) is 32.1 Å². The Morgan fingerprint density at radius 2 is 2.05 bits per heavy atom. The van der Waals surface area contributed by atoms with E-state index in [2.05, 4.69) is 20.9 Å². The SMILES string of the molecule is COc1ccc(-c2nc(CO)c(Br)n2C)c(OC)c1. The van der Waals surface area contributed by atoms with Crippen molar-refractivity contribution in [1.29, 1.82) is 0 Å². The van der Waals surface area contributed by atoms with E-state index in [1.165, 1.54) is 0 Å². The lowest BCUT2D eigenvalue weighted by molar-refractivity contribution is 0.276. The molecule has 0 fully saturated rings. The maximum atomic E-state index is 9.25. The third-order valence-corrected chi connectivity index (χ3v) is 3.88. The molecule has 0 aliphatic rings. The zero-order valence-electron chi connectivity index (χ0n) is 11.0. The maximum absolute atomic E-state index is 9.25. The van der Waals surface area contributed by atoms with Crippen LogP contribution in [0.1, 0.15) is 5.69 Å². The quantitative estimate of drug-likeness (QED) is 0.937. The highest BCUT2D eigenvalue weighted by molar-refractivity contribution is 9.10. The number of halogens is 1. The molecule has 2 aromatic rings. The van der Waals surface area contributed by atoms with E-state index in [1.807, 2.05) is 23.7 Å². The van der Waals surface area contributed by atoms with Gasteiger partial charge in [-0.1, -0.05) is 0 Å². The Morgan fingerprint density at radius 1 is 1.32 bits per heavy atom. The standard InChI is InChI=1S/C13H15BrN2O3/c1-16-12(14)10(7-17)15-13(16)9-5-4-8(18-2)6-11(9)19-3/h4-6,17H,7H2,1-3H3. The molecule has 5 nitrogen and oxygen atoms in total. The number of imidazole rings is 1. The smallest absolute Gasteiger partial charge is 0.144 e. The average molecular weight is 327 g/mol. The number of benzene rings is 1. The predicted octanol–water partition coefficient (Wildman–Crippen LogP) is 2.36. The first-order chi connectivity index (χ1) is 9.12. The lowest BCUT2D eigenvalue weighted by atomic mass is 10.2. The summed E-state index contributed by atoms with van der Waals surface area (Å²) in [6.07, 6.45) is 0. The number of ether oxygens (including phenoxy) is 2. The summed E-state index contributed by atoms with van der Waals surface area (Å²) < 4.78 is 13.1. The van der Waals surface area contributed by atoms with E-state index in [0.29, 0.717) is 11.4 Å². The van der Waals surface area contributed by atoms with Gasteiger partial charge in [-0.05, 0) is 28.1 Å². The van der Waals surface area contributed by atoms with Crippen LogP contribution in [0.3, 0.4) is 0 Å². The highest BCUT2D eigenvalue weighted by atomic mass is 79.9. The van der Waals surface area contributed by atoms with Gasteiger partial charge in [0.15, 0.2) is 0 Å². The Morgan fingerprint density at radius 3 is 2.58 bits per heavy atom. The molecule has 6 heteroatoms. The number of aromatic nitrogens is 2. The molecule has 0 radical (unpaired) electrons. The van der Waals surface area contributed by atoms with Gasteiger partial charge < -0.3 is 19.1 Å². The first-order valence-electron chi connectivity index (χ1n) is 5.66. The van der Waals surface area contributed by atoms with Crippen molar-refractivity contribution in [2.45, 2.75) is 6.61 Å². The third kappa shape index (κ3) is 2.46. The topological polar surface area (TPSA) is 56.5 Å². The number of methoxy groups -OCH3 is 2. The number of aliphatic hydroxyl groups excluding tert-OH is 1.